The van der Waals surface area contributed by atoms with Crippen LogP contribution in [0, 0.1) is 5.41 Å². The molecule has 4 heteroatoms. The van der Waals surface area contributed by atoms with E-state index in [1.807, 2.05) is 0 Å². The van der Waals surface area contributed by atoms with Crippen molar-refractivity contribution in [3.05, 3.63) is 0 Å². The highest BCUT2D eigenvalue weighted by molar-refractivity contribution is 6.18. The Kier molecular flexibility index (Phi) is 2.96. The zero-order valence-corrected chi connectivity index (χ0v) is 7.80. The standard InChI is InChI=1S/C8H13ClO3/c1-2-12-7(11)8(3-4-8)6(10)5-9/h6,10H,2-5H2,1H3/t6-/m0/s1. The summed E-state index contributed by atoms with van der Waals surface area (Å²) >= 11 is 5.46. The van der Waals surface area contributed by atoms with Crippen molar-refractivity contribution in [3.63, 3.8) is 0 Å². The molecule has 1 saturated carbocycles. The normalized spacial score (nSPS) is 21.6. The second-order valence-electron chi connectivity index (χ2n) is 3.05. The van der Waals surface area contributed by atoms with E-state index in [1.54, 1.807) is 6.92 Å². The third-order valence-electron chi connectivity index (χ3n) is 2.25. The van der Waals surface area contributed by atoms with Crippen molar-refractivity contribution in [1.29, 1.82) is 0 Å². The van der Waals surface area contributed by atoms with Crippen molar-refractivity contribution in [2.45, 2.75) is 25.9 Å². The Morgan fingerprint density at radius 1 is 1.75 bits per heavy atom. The minimum Gasteiger partial charge on any atom is -0.465 e. The van der Waals surface area contributed by atoms with Crippen molar-refractivity contribution in [2.24, 2.45) is 5.41 Å². The molecule has 0 unspecified atom stereocenters. The molecule has 1 atom stereocenters. The molecular weight excluding hydrogens is 180 g/mol. The molecule has 12 heavy (non-hydrogen) atoms. The van der Waals surface area contributed by atoms with Crippen molar-refractivity contribution in [2.75, 3.05) is 12.5 Å². The lowest BCUT2D eigenvalue weighted by Crippen LogP contribution is -2.33. The topological polar surface area (TPSA) is 46.5 Å². The van der Waals surface area contributed by atoms with Gasteiger partial charge in [-0.1, -0.05) is 0 Å². The summed E-state index contributed by atoms with van der Waals surface area (Å²) in [5.74, 6) is -0.211. The molecule has 1 aliphatic rings. The van der Waals surface area contributed by atoms with Crippen molar-refractivity contribution in [3.8, 4) is 0 Å². The van der Waals surface area contributed by atoms with Crippen LogP contribution in [0.1, 0.15) is 19.8 Å². The van der Waals surface area contributed by atoms with Gasteiger partial charge in [0, 0.05) is 5.88 Å². The largest absolute Gasteiger partial charge is 0.465 e. The van der Waals surface area contributed by atoms with Gasteiger partial charge in [-0.05, 0) is 19.8 Å². The molecular formula is C8H13ClO3. The van der Waals surface area contributed by atoms with E-state index in [0.29, 0.717) is 19.4 Å². The van der Waals surface area contributed by atoms with Crippen LogP contribution in [0.25, 0.3) is 0 Å². The molecule has 70 valence electrons. The Bertz CT molecular complexity index is 177. The number of ether oxygens (including phenoxy) is 1. The van der Waals surface area contributed by atoms with Gasteiger partial charge in [0.05, 0.1) is 18.1 Å². The Morgan fingerprint density at radius 2 is 2.33 bits per heavy atom. The predicted molar refractivity (Wildman–Crippen MR) is 45.0 cm³/mol. The summed E-state index contributed by atoms with van der Waals surface area (Å²) < 4.78 is 4.83. The first kappa shape index (κ1) is 9.81. The maximum atomic E-state index is 11.3. The summed E-state index contributed by atoms with van der Waals surface area (Å²) in [6.07, 6.45) is 0.637. The highest BCUT2D eigenvalue weighted by atomic mass is 35.5. The second kappa shape index (κ2) is 3.62. The van der Waals surface area contributed by atoms with Crippen molar-refractivity contribution < 1.29 is 14.6 Å². The van der Waals surface area contributed by atoms with E-state index in [-0.39, 0.29) is 11.8 Å². The SMILES string of the molecule is CCOC(=O)C1([C@@H](O)CCl)CC1. The van der Waals surface area contributed by atoms with Gasteiger partial charge in [-0.3, -0.25) is 4.79 Å². The van der Waals surface area contributed by atoms with Crippen LogP contribution < -0.4 is 0 Å². The Balaban J connectivity index is 2.53. The number of hydrogen-bond donors (Lipinski definition) is 1. The smallest absolute Gasteiger partial charge is 0.314 e. The maximum Gasteiger partial charge on any atom is 0.314 e. The lowest BCUT2D eigenvalue weighted by atomic mass is 10.0. The number of alkyl halides is 1. The molecule has 0 heterocycles. The first-order chi connectivity index (χ1) is 5.67. The van der Waals surface area contributed by atoms with Gasteiger partial charge in [0.15, 0.2) is 0 Å². The molecule has 0 spiro atoms. The fourth-order valence-corrected chi connectivity index (χ4v) is 1.53. The number of carbonyl (C=O) groups is 1. The van der Waals surface area contributed by atoms with E-state index in [9.17, 15) is 9.90 Å². The third kappa shape index (κ3) is 1.57. The van der Waals surface area contributed by atoms with Gasteiger partial charge in [0.2, 0.25) is 0 Å². The van der Waals surface area contributed by atoms with E-state index in [0.717, 1.165) is 0 Å². The zero-order chi connectivity index (χ0) is 9.19. The summed E-state index contributed by atoms with van der Waals surface area (Å²) in [5, 5.41) is 9.41. The fourth-order valence-electron chi connectivity index (χ4n) is 1.23. The lowest BCUT2D eigenvalue weighted by Gasteiger charge is -2.17. The van der Waals surface area contributed by atoms with Gasteiger partial charge in [-0.15, -0.1) is 11.6 Å². The molecule has 0 aliphatic heterocycles. The van der Waals surface area contributed by atoms with Crippen LogP contribution in [0.3, 0.4) is 0 Å². The average Bonchev–Trinajstić information content (AvgIpc) is 2.84. The minimum atomic E-state index is -0.752. The molecule has 0 saturated heterocycles. The molecule has 0 aromatic carbocycles. The molecule has 0 amide bonds. The van der Waals surface area contributed by atoms with Crippen molar-refractivity contribution in [1.82, 2.24) is 0 Å². The molecule has 3 nitrogen and oxygen atoms in total. The minimum absolute atomic E-state index is 0.0960. The summed E-state index contributed by atoms with van der Waals surface area (Å²) in [7, 11) is 0. The Morgan fingerprint density at radius 3 is 2.67 bits per heavy atom. The summed E-state index contributed by atoms with van der Waals surface area (Å²) in [6.45, 7) is 2.11. The van der Waals surface area contributed by atoms with E-state index < -0.39 is 11.5 Å². The summed E-state index contributed by atoms with van der Waals surface area (Å²) in [6, 6.07) is 0. The number of halogens is 1. The molecule has 1 rings (SSSR count). The molecule has 0 bridgehead atoms. The van der Waals surface area contributed by atoms with Gasteiger partial charge in [-0.25, -0.2) is 0 Å². The Labute approximate surface area is 76.7 Å². The third-order valence-corrected chi connectivity index (χ3v) is 2.55. The highest BCUT2D eigenvalue weighted by Crippen LogP contribution is 2.50. The van der Waals surface area contributed by atoms with Crippen LogP contribution in [0.5, 0.6) is 0 Å². The van der Waals surface area contributed by atoms with E-state index in [1.165, 1.54) is 0 Å². The van der Waals surface area contributed by atoms with Crippen LogP contribution in [-0.2, 0) is 9.53 Å². The van der Waals surface area contributed by atoms with E-state index in [2.05, 4.69) is 0 Å². The van der Waals surface area contributed by atoms with Crippen LogP contribution in [-0.4, -0.2) is 29.7 Å². The molecule has 0 radical (unpaired) electrons. The number of hydrogen-bond acceptors (Lipinski definition) is 3. The summed E-state index contributed by atoms with van der Waals surface area (Å²) in [5.41, 5.74) is -0.669. The van der Waals surface area contributed by atoms with Crippen LogP contribution in [0.4, 0.5) is 0 Å². The van der Waals surface area contributed by atoms with Gasteiger partial charge >= 0.3 is 5.97 Å². The number of esters is 1. The van der Waals surface area contributed by atoms with Gasteiger partial charge in [0.25, 0.3) is 0 Å². The monoisotopic (exact) mass is 192 g/mol. The first-order valence-corrected chi connectivity index (χ1v) is 4.62. The molecule has 0 aromatic heterocycles. The zero-order valence-electron chi connectivity index (χ0n) is 7.05. The maximum absolute atomic E-state index is 11.3. The number of rotatable bonds is 4. The predicted octanol–water partition coefficient (Wildman–Crippen LogP) is 0.929. The number of aliphatic hydroxyl groups excluding tert-OH is 1. The van der Waals surface area contributed by atoms with Gasteiger partial charge in [-0.2, -0.15) is 0 Å². The number of carbonyl (C=O) groups excluding carboxylic acids is 1. The number of aliphatic hydroxyl groups is 1. The van der Waals surface area contributed by atoms with Gasteiger partial charge in [0.1, 0.15) is 0 Å². The quantitative estimate of drug-likeness (QED) is 0.533. The highest BCUT2D eigenvalue weighted by Gasteiger charge is 2.56. The van der Waals surface area contributed by atoms with Crippen LogP contribution in [0.15, 0.2) is 0 Å². The Hall–Kier alpha value is -0.280. The first-order valence-electron chi connectivity index (χ1n) is 4.08. The molecule has 1 aliphatic carbocycles. The fraction of sp³-hybridized carbons (Fsp3) is 0.875. The van der Waals surface area contributed by atoms with Crippen LogP contribution >= 0.6 is 11.6 Å². The lowest BCUT2D eigenvalue weighted by molar-refractivity contribution is -0.153. The van der Waals surface area contributed by atoms with E-state index >= 15 is 0 Å². The molecule has 1 N–H and O–H groups in total. The molecule has 1 fully saturated rings. The van der Waals surface area contributed by atoms with Crippen LogP contribution in [0.2, 0.25) is 0 Å². The molecule has 0 aromatic rings. The summed E-state index contributed by atoms with van der Waals surface area (Å²) in [4.78, 5) is 11.3. The second-order valence-corrected chi connectivity index (χ2v) is 3.36. The van der Waals surface area contributed by atoms with Crippen molar-refractivity contribution >= 4 is 17.6 Å². The average molecular weight is 193 g/mol. The van der Waals surface area contributed by atoms with E-state index in [4.69, 9.17) is 16.3 Å². The van der Waals surface area contributed by atoms with Gasteiger partial charge < -0.3 is 9.84 Å².